The largest absolute Gasteiger partial charge is 0.367 e. The molecule has 4 N–H and O–H groups in total. The number of hydrogen-bond donors (Lipinski definition) is 3. The monoisotopic (exact) mass is 305 g/mol. The third-order valence-electron chi connectivity index (χ3n) is 3.28. The molecule has 0 bridgehead atoms. The molecular formula is C15H23N5S. The van der Waals surface area contributed by atoms with Gasteiger partial charge in [-0.1, -0.05) is 13.8 Å². The number of aryl methyl sites for hydroxylation is 1. The average molecular weight is 305 g/mol. The van der Waals surface area contributed by atoms with Crippen LogP contribution in [0.3, 0.4) is 0 Å². The van der Waals surface area contributed by atoms with Crippen LogP contribution in [0.5, 0.6) is 0 Å². The van der Waals surface area contributed by atoms with E-state index in [4.69, 9.17) is 5.84 Å². The standard InChI is InChI=1S/C15H23N5S/c1-9(2)13-14(17-8-18-15(13)20-16)19-10(3)7-12-6-5-11(4)21-12/h5-6,8-10H,7,16H2,1-4H3,(H2,17,18,19,20). The summed E-state index contributed by atoms with van der Waals surface area (Å²) in [7, 11) is 0. The van der Waals surface area contributed by atoms with Crippen molar-refractivity contribution in [1.82, 2.24) is 9.97 Å². The molecule has 2 aromatic heterocycles. The second-order valence-corrected chi connectivity index (χ2v) is 6.92. The second kappa shape index (κ2) is 6.87. The van der Waals surface area contributed by atoms with Crippen LogP contribution in [-0.2, 0) is 6.42 Å². The number of nitrogens with zero attached hydrogens (tertiary/aromatic N) is 2. The minimum atomic E-state index is 0.288. The molecule has 0 saturated heterocycles. The summed E-state index contributed by atoms with van der Waals surface area (Å²) in [6.07, 6.45) is 2.51. The van der Waals surface area contributed by atoms with Gasteiger partial charge in [-0.15, -0.1) is 11.3 Å². The number of rotatable bonds is 6. The highest BCUT2D eigenvalue weighted by atomic mass is 32.1. The van der Waals surface area contributed by atoms with E-state index >= 15 is 0 Å². The van der Waals surface area contributed by atoms with Crippen LogP contribution < -0.4 is 16.6 Å². The van der Waals surface area contributed by atoms with Gasteiger partial charge >= 0.3 is 0 Å². The quantitative estimate of drug-likeness (QED) is 0.564. The Morgan fingerprint density at radius 3 is 2.48 bits per heavy atom. The van der Waals surface area contributed by atoms with Gasteiger partial charge in [0, 0.05) is 27.8 Å². The molecule has 2 aromatic rings. The Labute approximate surface area is 130 Å². The molecule has 21 heavy (non-hydrogen) atoms. The predicted octanol–water partition coefficient (Wildman–Crippen LogP) is 3.30. The van der Waals surface area contributed by atoms with Crippen molar-refractivity contribution in [2.24, 2.45) is 5.84 Å². The smallest absolute Gasteiger partial charge is 0.148 e. The van der Waals surface area contributed by atoms with Crippen molar-refractivity contribution in [2.45, 2.75) is 46.1 Å². The summed E-state index contributed by atoms with van der Waals surface area (Å²) in [5.41, 5.74) is 3.68. The number of hydrazine groups is 1. The molecule has 0 fully saturated rings. The van der Waals surface area contributed by atoms with Crippen molar-refractivity contribution in [1.29, 1.82) is 0 Å². The van der Waals surface area contributed by atoms with E-state index in [9.17, 15) is 0 Å². The molecule has 0 saturated carbocycles. The normalized spacial score (nSPS) is 12.5. The zero-order valence-electron chi connectivity index (χ0n) is 13.0. The van der Waals surface area contributed by atoms with Gasteiger partial charge in [-0.05, 0) is 31.9 Å². The number of anilines is 2. The molecule has 0 aliphatic rings. The maximum Gasteiger partial charge on any atom is 0.148 e. The lowest BCUT2D eigenvalue weighted by atomic mass is 10.0. The first-order chi connectivity index (χ1) is 10.0. The Morgan fingerprint density at radius 2 is 1.90 bits per heavy atom. The van der Waals surface area contributed by atoms with E-state index in [1.807, 2.05) is 11.3 Å². The lowest BCUT2D eigenvalue weighted by Crippen LogP contribution is -2.21. The summed E-state index contributed by atoms with van der Waals surface area (Å²) in [6.45, 7) is 8.51. The Kier molecular flexibility index (Phi) is 5.14. The van der Waals surface area contributed by atoms with E-state index in [1.54, 1.807) is 0 Å². The summed E-state index contributed by atoms with van der Waals surface area (Å²) in [4.78, 5) is 11.3. The van der Waals surface area contributed by atoms with E-state index in [0.717, 1.165) is 17.8 Å². The summed E-state index contributed by atoms with van der Waals surface area (Å²) in [5, 5.41) is 3.48. The van der Waals surface area contributed by atoms with Gasteiger partial charge in [-0.25, -0.2) is 15.8 Å². The first kappa shape index (κ1) is 15.7. The zero-order chi connectivity index (χ0) is 15.4. The lowest BCUT2D eigenvalue weighted by Gasteiger charge is -2.20. The second-order valence-electron chi connectivity index (χ2n) is 5.55. The molecule has 6 heteroatoms. The Bertz CT molecular complexity index is 593. The fourth-order valence-corrected chi connectivity index (χ4v) is 3.37. The Morgan fingerprint density at radius 1 is 1.19 bits per heavy atom. The Balaban J connectivity index is 2.15. The van der Waals surface area contributed by atoms with E-state index < -0.39 is 0 Å². The summed E-state index contributed by atoms with van der Waals surface area (Å²) in [5.74, 6) is 7.37. The summed E-state index contributed by atoms with van der Waals surface area (Å²) >= 11 is 1.84. The highest BCUT2D eigenvalue weighted by Gasteiger charge is 2.16. The van der Waals surface area contributed by atoms with E-state index in [1.165, 1.54) is 16.1 Å². The van der Waals surface area contributed by atoms with E-state index in [2.05, 4.69) is 60.5 Å². The van der Waals surface area contributed by atoms with Crippen molar-refractivity contribution in [2.75, 3.05) is 10.7 Å². The van der Waals surface area contributed by atoms with Crippen LogP contribution in [-0.4, -0.2) is 16.0 Å². The van der Waals surface area contributed by atoms with Crippen molar-refractivity contribution in [3.05, 3.63) is 33.8 Å². The van der Waals surface area contributed by atoms with Gasteiger partial charge in [0.2, 0.25) is 0 Å². The third kappa shape index (κ3) is 3.92. The highest BCUT2D eigenvalue weighted by Crippen LogP contribution is 2.28. The number of nitrogens with two attached hydrogens (primary N) is 1. The number of hydrogen-bond acceptors (Lipinski definition) is 6. The molecule has 1 atom stereocenters. The van der Waals surface area contributed by atoms with Gasteiger partial charge in [0.1, 0.15) is 18.0 Å². The molecule has 1 unspecified atom stereocenters. The van der Waals surface area contributed by atoms with Crippen molar-refractivity contribution < 1.29 is 0 Å². The van der Waals surface area contributed by atoms with Crippen molar-refractivity contribution in [3.8, 4) is 0 Å². The van der Waals surface area contributed by atoms with E-state index in [-0.39, 0.29) is 5.92 Å². The van der Waals surface area contributed by atoms with Gasteiger partial charge in [0.25, 0.3) is 0 Å². The van der Waals surface area contributed by atoms with Crippen LogP contribution in [0.4, 0.5) is 11.6 Å². The first-order valence-electron chi connectivity index (χ1n) is 7.14. The number of nitrogens with one attached hydrogen (secondary N) is 2. The minimum absolute atomic E-state index is 0.288. The average Bonchev–Trinajstić information content (AvgIpc) is 2.83. The fourth-order valence-electron chi connectivity index (χ4n) is 2.35. The molecule has 114 valence electrons. The van der Waals surface area contributed by atoms with Gasteiger partial charge in [0.05, 0.1) is 0 Å². The fraction of sp³-hybridized carbons (Fsp3) is 0.467. The maximum absolute atomic E-state index is 5.55. The van der Waals surface area contributed by atoms with Crippen molar-refractivity contribution in [3.63, 3.8) is 0 Å². The molecular weight excluding hydrogens is 282 g/mol. The van der Waals surface area contributed by atoms with Crippen LogP contribution in [0.15, 0.2) is 18.5 Å². The van der Waals surface area contributed by atoms with Gasteiger partial charge in [-0.3, -0.25) is 0 Å². The predicted molar refractivity (Wildman–Crippen MR) is 89.8 cm³/mol. The maximum atomic E-state index is 5.55. The van der Waals surface area contributed by atoms with E-state index in [0.29, 0.717) is 11.9 Å². The molecule has 2 rings (SSSR count). The van der Waals surface area contributed by atoms with Crippen molar-refractivity contribution >= 4 is 23.0 Å². The number of thiophene rings is 1. The topological polar surface area (TPSA) is 75.9 Å². The molecule has 2 heterocycles. The first-order valence-corrected chi connectivity index (χ1v) is 7.96. The highest BCUT2D eigenvalue weighted by molar-refractivity contribution is 7.11. The van der Waals surface area contributed by atoms with Crippen LogP contribution >= 0.6 is 11.3 Å². The summed E-state index contributed by atoms with van der Waals surface area (Å²) in [6, 6.07) is 4.64. The van der Waals surface area contributed by atoms with Crippen LogP contribution in [0.25, 0.3) is 0 Å². The van der Waals surface area contributed by atoms with Gasteiger partial charge in [0.15, 0.2) is 0 Å². The number of nitrogen functional groups attached to an aromatic ring is 1. The lowest BCUT2D eigenvalue weighted by molar-refractivity contribution is 0.777. The van der Waals surface area contributed by atoms with Gasteiger partial charge in [-0.2, -0.15) is 0 Å². The SMILES string of the molecule is Cc1ccc(CC(C)Nc2ncnc(NN)c2C(C)C)s1. The molecule has 0 radical (unpaired) electrons. The molecule has 0 aromatic carbocycles. The Hall–Kier alpha value is -1.66. The van der Waals surface area contributed by atoms with Gasteiger partial charge < -0.3 is 10.7 Å². The zero-order valence-corrected chi connectivity index (χ0v) is 13.8. The number of aromatic nitrogens is 2. The van der Waals surface area contributed by atoms with Crippen LogP contribution in [0.2, 0.25) is 0 Å². The molecule has 0 spiro atoms. The van der Waals surface area contributed by atoms with Crippen LogP contribution in [0.1, 0.15) is 42.0 Å². The minimum Gasteiger partial charge on any atom is -0.367 e. The van der Waals surface area contributed by atoms with Crippen LogP contribution in [0, 0.1) is 6.92 Å². The summed E-state index contributed by atoms with van der Waals surface area (Å²) < 4.78 is 0. The molecule has 0 amide bonds. The molecule has 0 aliphatic heterocycles. The third-order valence-corrected chi connectivity index (χ3v) is 4.31. The molecule has 0 aliphatic carbocycles. The molecule has 5 nitrogen and oxygen atoms in total.